The Balaban J connectivity index is 2.15. The molecular formula is C18H17F7O3. The fourth-order valence-corrected chi connectivity index (χ4v) is 2.89. The van der Waals surface area contributed by atoms with E-state index < -0.39 is 77.0 Å². The van der Waals surface area contributed by atoms with Crippen molar-refractivity contribution in [3.05, 3.63) is 46.5 Å². The molecule has 1 aliphatic rings. The molecule has 0 N–H and O–H groups in total. The number of rotatable bonds is 6. The van der Waals surface area contributed by atoms with E-state index in [9.17, 15) is 35.5 Å². The Labute approximate surface area is 156 Å². The maximum Gasteiger partial charge on any atom is 0.409 e. The number of esters is 1. The largest absolute Gasteiger partial charge is 0.461 e. The number of alkyl halides is 3. The van der Waals surface area contributed by atoms with E-state index in [-0.39, 0.29) is 6.08 Å². The number of carbonyl (C=O) groups is 1. The van der Waals surface area contributed by atoms with Crippen molar-refractivity contribution in [3.63, 3.8) is 0 Å². The van der Waals surface area contributed by atoms with E-state index in [2.05, 4.69) is 4.74 Å². The molecule has 0 spiro atoms. The van der Waals surface area contributed by atoms with E-state index >= 15 is 0 Å². The number of ether oxygens (including phenoxy) is 2. The van der Waals surface area contributed by atoms with E-state index in [1.807, 2.05) is 0 Å². The molecule has 28 heavy (non-hydrogen) atoms. The van der Waals surface area contributed by atoms with Crippen molar-refractivity contribution in [3.8, 4) is 0 Å². The molecule has 0 aliphatic heterocycles. The van der Waals surface area contributed by atoms with Crippen molar-refractivity contribution < 1.29 is 45.0 Å². The number of hydrogen-bond donors (Lipinski definition) is 0. The van der Waals surface area contributed by atoms with Crippen molar-refractivity contribution in [1.29, 1.82) is 0 Å². The van der Waals surface area contributed by atoms with Crippen LogP contribution in [0.25, 0.3) is 0 Å². The Morgan fingerprint density at radius 3 is 2.00 bits per heavy atom. The Morgan fingerprint density at radius 1 is 1.04 bits per heavy atom. The van der Waals surface area contributed by atoms with Crippen molar-refractivity contribution in [2.75, 3.05) is 7.11 Å². The number of halogens is 7. The summed E-state index contributed by atoms with van der Waals surface area (Å²) in [7, 11) is 1.07. The summed E-state index contributed by atoms with van der Waals surface area (Å²) in [4.78, 5) is 12.0. The molecule has 0 bridgehead atoms. The minimum atomic E-state index is -4.54. The monoisotopic (exact) mass is 414 g/mol. The second-order valence-electron chi connectivity index (χ2n) is 6.98. The highest BCUT2D eigenvalue weighted by Crippen LogP contribution is 2.55. The summed E-state index contributed by atoms with van der Waals surface area (Å²) in [6.45, 7) is 2.35. The minimum Gasteiger partial charge on any atom is -0.461 e. The van der Waals surface area contributed by atoms with Crippen LogP contribution in [0.5, 0.6) is 0 Å². The van der Waals surface area contributed by atoms with Crippen LogP contribution in [-0.4, -0.2) is 25.4 Å². The fraction of sp³-hybridized carbons (Fsp3) is 0.500. The lowest BCUT2D eigenvalue weighted by molar-refractivity contribution is -0.145. The molecule has 10 heteroatoms. The highest BCUT2D eigenvalue weighted by molar-refractivity contribution is 5.73. The summed E-state index contributed by atoms with van der Waals surface area (Å²) in [5.74, 6) is -8.89. The lowest BCUT2D eigenvalue weighted by Gasteiger charge is -2.12. The van der Waals surface area contributed by atoms with Gasteiger partial charge in [0.25, 0.3) is 0 Å². The Morgan fingerprint density at radius 2 is 1.54 bits per heavy atom. The van der Waals surface area contributed by atoms with Crippen LogP contribution in [0.4, 0.5) is 30.7 Å². The van der Waals surface area contributed by atoms with Gasteiger partial charge in [0, 0.05) is 30.1 Å². The summed E-state index contributed by atoms with van der Waals surface area (Å²) >= 11 is 0. The molecule has 1 aliphatic carbocycles. The maximum absolute atomic E-state index is 14.0. The lowest BCUT2D eigenvalue weighted by Crippen LogP contribution is -2.17. The van der Waals surface area contributed by atoms with Crippen molar-refractivity contribution >= 4 is 5.97 Å². The van der Waals surface area contributed by atoms with Crippen LogP contribution in [0.2, 0.25) is 0 Å². The number of allylic oxidation sites excluding steroid dienone is 1. The zero-order valence-corrected chi connectivity index (χ0v) is 15.1. The average Bonchev–Trinajstić information content (AvgIpc) is 3.10. The molecule has 2 unspecified atom stereocenters. The highest BCUT2D eigenvalue weighted by Gasteiger charge is 2.59. The summed E-state index contributed by atoms with van der Waals surface area (Å²) in [5, 5.41) is 0. The first-order chi connectivity index (χ1) is 12.8. The standard InChI is InChI=1S/C18H17F7O3/c1-17(2)10(4-5-18(23,24)25)16(17)28-11(26)6-8-12(19)14(21)9(7-27-3)15(22)13(8)20/h4-5,10,16H,6-7H2,1-3H3/b5-4-. The third-order valence-electron chi connectivity index (χ3n) is 4.62. The quantitative estimate of drug-likeness (QED) is 0.295. The van der Waals surface area contributed by atoms with E-state index in [1.54, 1.807) is 0 Å². The van der Waals surface area contributed by atoms with Crippen molar-refractivity contribution in [2.24, 2.45) is 11.3 Å². The molecule has 2 atom stereocenters. The van der Waals surface area contributed by atoms with Crippen LogP contribution in [0.3, 0.4) is 0 Å². The van der Waals surface area contributed by atoms with Crippen LogP contribution < -0.4 is 0 Å². The van der Waals surface area contributed by atoms with Gasteiger partial charge in [0.15, 0.2) is 23.3 Å². The van der Waals surface area contributed by atoms with Gasteiger partial charge >= 0.3 is 12.1 Å². The first-order valence-electron chi connectivity index (χ1n) is 8.09. The van der Waals surface area contributed by atoms with Gasteiger partial charge in [0.1, 0.15) is 6.10 Å². The number of benzene rings is 1. The normalized spacial score (nSPS) is 21.2. The molecule has 0 aromatic heterocycles. The number of carbonyl (C=O) groups excluding carboxylic acids is 1. The van der Waals surface area contributed by atoms with Gasteiger partial charge in [-0.2, -0.15) is 13.2 Å². The van der Waals surface area contributed by atoms with Crippen LogP contribution in [0.1, 0.15) is 25.0 Å². The van der Waals surface area contributed by atoms with Gasteiger partial charge in [-0.1, -0.05) is 19.9 Å². The van der Waals surface area contributed by atoms with Gasteiger partial charge in [0.05, 0.1) is 18.6 Å². The molecule has 1 aromatic carbocycles. The molecule has 1 fully saturated rings. The Hall–Kier alpha value is -2.10. The molecular weight excluding hydrogens is 397 g/mol. The molecule has 0 saturated heterocycles. The van der Waals surface area contributed by atoms with E-state index in [4.69, 9.17) is 4.74 Å². The Kier molecular flexibility index (Phi) is 6.13. The van der Waals surface area contributed by atoms with Gasteiger partial charge in [-0.25, -0.2) is 17.6 Å². The lowest BCUT2D eigenvalue weighted by atomic mass is 10.1. The van der Waals surface area contributed by atoms with Gasteiger partial charge < -0.3 is 9.47 Å². The van der Waals surface area contributed by atoms with Crippen LogP contribution in [0.15, 0.2) is 12.2 Å². The zero-order chi connectivity index (χ0) is 21.4. The fourth-order valence-electron chi connectivity index (χ4n) is 2.89. The van der Waals surface area contributed by atoms with Crippen LogP contribution in [-0.2, 0) is 27.3 Å². The second kappa shape index (κ2) is 7.73. The van der Waals surface area contributed by atoms with Gasteiger partial charge in [-0.05, 0) is 0 Å². The van der Waals surface area contributed by atoms with Gasteiger partial charge in [-0.15, -0.1) is 0 Å². The maximum atomic E-state index is 14.0. The molecule has 0 amide bonds. The zero-order valence-electron chi connectivity index (χ0n) is 15.1. The van der Waals surface area contributed by atoms with Crippen LogP contribution >= 0.6 is 0 Å². The SMILES string of the molecule is COCc1c(F)c(F)c(CC(=O)OC2C(/C=C\C(F)(F)F)C2(C)C)c(F)c1F. The number of hydrogen-bond acceptors (Lipinski definition) is 3. The molecule has 156 valence electrons. The summed E-state index contributed by atoms with van der Waals surface area (Å²) < 4.78 is 102. The predicted molar refractivity (Wildman–Crippen MR) is 83.0 cm³/mol. The number of methoxy groups -OCH3 is 1. The van der Waals surface area contributed by atoms with E-state index in [0.29, 0.717) is 0 Å². The summed E-state index contributed by atoms with van der Waals surface area (Å²) in [6, 6.07) is 0. The molecule has 0 heterocycles. The average molecular weight is 414 g/mol. The van der Waals surface area contributed by atoms with Gasteiger partial charge in [-0.3, -0.25) is 4.79 Å². The third kappa shape index (κ3) is 4.48. The topological polar surface area (TPSA) is 35.5 Å². The van der Waals surface area contributed by atoms with Crippen molar-refractivity contribution in [1.82, 2.24) is 0 Å². The molecule has 1 saturated carbocycles. The summed E-state index contributed by atoms with van der Waals surface area (Å²) in [6.07, 6.45) is -5.80. The molecule has 0 radical (unpaired) electrons. The predicted octanol–water partition coefficient (Wildman–Crippen LogP) is 4.62. The van der Waals surface area contributed by atoms with Gasteiger partial charge in [0.2, 0.25) is 0 Å². The van der Waals surface area contributed by atoms with E-state index in [1.165, 1.54) is 13.8 Å². The smallest absolute Gasteiger partial charge is 0.409 e. The van der Waals surface area contributed by atoms with E-state index in [0.717, 1.165) is 13.2 Å². The third-order valence-corrected chi connectivity index (χ3v) is 4.62. The first kappa shape index (κ1) is 22.2. The summed E-state index contributed by atoms with van der Waals surface area (Å²) in [5.41, 5.74) is -2.95. The van der Waals surface area contributed by atoms with Crippen LogP contribution in [0, 0.1) is 34.6 Å². The minimum absolute atomic E-state index is 0.00582. The molecule has 3 nitrogen and oxygen atoms in total. The highest BCUT2D eigenvalue weighted by atomic mass is 19.4. The second-order valence-corrected chi connectivity index (χ2v) is 6.98. The molecule has 1 aromatic rings. The first-order valence-corrected chi connectivity index (χ1v) is 8.09. The van der Waals surface area contributed by atoms with Crippen molar-refractivity contribution in [2.45, 2.75) is 39.2 Å². The molecule has 2 rings (SSSR count). The Bertz CT molecular complexity index is 770.